The highest BCUT2D eigenvalue weighted by Crippen LogP contribution is 2.27. The zero-order valence-corrected chi connectivity index (χ0v) is 21.6. The molecule has 2 amide bonds. The average Bonchev–Trinajstić information content (AvgIpc) is 2.68. The Morgan fingerprint density at radius 3 is 2.24 bits per heavy atom. The Bertz CT molecular complexity index is 1120. The van der Waals surface area contributed by atoms with Crippen LogP contribution in [-0.4, -0.2) is 49.5 Å². The van der Waals surface area contributed by atoms with E-state index >= 15 is 0 Å². The maximum absolute atomic E-state index is 13.4. The molecule has 0 saturated carbocycles. The van der Waals surface area contributed by atoms with Crippen LogP contribution < -0.4 is 9.62 Å². The Hall–Kier alpha value is -2.29. The van der Waals surface area contributed by atoms with Crippen molar-refractivity contribution in [2.75, 3.05) is 17.1 Å². The van der Waals surface area contributed by atoms with Crippen LogP contribution in [-0.2, 0) is 26.2 Å². The minimum absolute atomic E-state index is 0.0677. The number of carbonyl (C=O) groups excluding carboxylic acids is 2. The van der Waals surface area contributed by atoms with Gasteiger partial charge in [-0.2, -0.15) is 0 Å². The number of sulfonamides is 1. The number of halogens is 2. The molecule has 0 heterocycles. The first-order valence-electron chi connectivity index (χ1n) is 10.3. The van der Waals surface area contributed by atoms with Crippen molar-refractivity contribution < 1.29 is 18.0 Å². The number of hydrogen-bond acceptors (Lipinski definition) is 4. The van der Waals surface area contributed by atoms with Gasteiger partial charge in [0.2, 0.25) is 21.8 Å². The summed E-state index contributed by atoms with van der Waals surface area (Å²) in [5, 5.41) is 3.54. The monoisotopic (exact) mass is 513 g/mol. The van der Waals surface area contributed by atoms with E-state index in [0.29, 0.717) is 10.6 Å². The van der Waals surface area contributed by atoms with Crippen LogP contribution >= 0.6 is 23.2 Å². The van der Waals surface area contributed by atoms with E-state index in [1.807, 2.05) is 20.8 Å². The van der Waals surface area contributed by atoms with Crippen molar-refractivity contribution in [1.82, 2.24) is 10.2 Å². The number of benzene rings is 2. The zero-order chi connectivity index (χ0) is 25.0. The van der Waals surface area contributed by atoms with Gasteiger partial charge in [-0.25, -0.2) is 8.42 Å². The molecular formula is C23H29Cl2N3O4S. The van der Waals surface area contributed by atoms with Gasteiger partial charge in [0.25, 0.3) is 0 Å². The van der Waals surface area contributed by atoms with Crippen molar-refractivity contribution in [3.05, 3.63) is 64.1 Å². The summed E-state index contributed by atoms with van der Waals surface area (Å²) in [5.74, 6) is -0.918. The third-order valence-corrected chi connectivity index (χ3v) is 6.39. The number of carbonyl (C=O) groups is 2. The standard InChI is InChI=1S/C23H29Cl2N3O4S/c1-16(22(30)26-23(2,3)4)27(14-17-9-8-10-18(24)13-17)21(29)15-28(33(5,31)32)20-12-7-6-11-19(20)25/h6-13,16H,14-15H2,1-5H3,(H,26,30)/t16-/m1/s1. The highest BCUT2D eigenvalue weighted by Gasteiger charge is 2.31. The highest BCUT2D eigenvalue weighted by molar-refractivity contribution is 7.92. The van der Waals surface area contributed by atoms with E-state index in [9.17, 15) is 18.0 Å². The minimum Gasteiger partial charge on any atom is -0.350 e. The molecule has 1 N–H and O–H groups in total. The van der Waals surface area contributed by atoms with Crippen molar-refractivity contribution in [3.8, 4) is 0 Å². The summed E-state index contributed by atoms with van der Waals surface area (Å²) >= 11 is 12.3. The molecule has 0 aliphatic heterocycles. The van der Waals surface area contributed by atoms with Crippen LogP contribution in [0, 0.1) is 0 Å². The van der Waals surface area contributed by atoms with Crippen molar-refractivity contribution in [3.63, 3.8) is 0 Å². The fourth-order valence-corrected chi connectivity index (χ4v) is 4.50. The van der Waals surface area contributed by atoms with Gasteiger partial charge in [0, 0.05) is 17.1 Å². The predicted molar refractivity (Wildman–Crippen MR) is 133 cm³/mol. The molecule has 2 aromatic carbocycles. The number of rotatable bonds is 8. The van der Waals surface area contributed by atoms with E-state index in [2.05, 4.69) is 5.32 Å². The van der Waals surface area contributed by atoms with E-state index in [-0.39, 0.29) is 23.2 Å². The maximum atomic E-state index is 13.4. The molecule has 0 spiro atoms. The summed E-state index contributed by atoms with van der Waals surface area (Å²) < 4.78 is 26.0. The topological polar surface area (TPSA) is 86.8 Å². The lowest BCUT2D eigenvalue weighted by Gasteiger charge is -2.33. The van der Waals surface area contributed by atoms with Crippen LogP contribution in [0.15, 0.2) is 48.5 Å². The van der Waals surface area contributed by atoms with E-state index in [1.165, 1.54) is 11.0 Å². The van der Waals surface area contributed by atoms with Crippen molar-refractivity contribution in [2.45, 2.75) is 45.8 Å². The van der Waals surface area contributed by atoms with Crippen molar-refractivity contribution in [1.29, 1.82) is 0 Å². The van der Waals surface area contributed by atoms with Gasteiger partial charge in [0.15, 0.2) is 0 Å². The summed E-state index contributed by atoms with van der Waals surface area (Å²) in [6.07, 6.45) is 1.00. The number of anilines is 1. The Kier molecular flexibility index (Phi) is 8.79. The summed E-state index contributed by atoms with van der Waals surface area (Å²) in [7, 11) is -3.84. The Morgan fingerprint density at radius 1 is 1.06 bits per heavy atom. The lowest BCUT2D eigenvalue weighted by atomic mass is 10.1. The molecular weight excluding hydrogens is 485 g/mol. The second-order valence-corrected chi connectivity index (χ2v) is 11.5. The van der Waals surface area contributed by atoms with Gasteiger partial charge in [-0.15, -0.1) is 0 Å². The Morgan fingerprint density at radius 2 is 1.70 bits per heavy atom. The first-order chi connectivity index (χ1) is 15.2. The summed E-state index contributed by atoms with van der Waals surface area (Å²) in [4.78, 5) is 27.7. The lowest BCUT2D eigenvalue weighted by Crippen LogP contribution is -2.54. The normalized spacial score (nSPS) is 12.7. The molecule has 180 valence electrons. The SMILES string of the molecule is C[C@H](C(=O)NC(C)(C)C)N(Cc1cccc(Cl)c1)C(=O)CN(c1ccccc1Cl)S(C)(=O)=O. The largest absolute Gasteiger partial charge is 0.350 e. The van der Waals surface area contributed by atoms with Gasteiger partial charge in [-0.3, -0.25) is 13.9 Å². The first kappa shape index (κ1) is 27.0. The van der Waals surface area contributed by atoms with E-state index in [0.717, 1.165) is 10.6 Å². The first-order valence-corrected chi connectivity index (χ1v) is 12.9. The lowest BCUT2D eigenvalue weighted by molar-refractivity contribution is -0.140. The summed E-state index contributed by atoms with van der Waals surface area (Å²) in [6, 6.07) is 12.4. The molecule has 10 heteroatoms. The zero-order valence-electron chi connectivity index (χ0n) is 19.3. The van der Waals surface area contributed by atoms with Gasteiger partial charge in [0.1, 0.15) is 12.6 Å². The van der Waals surface area contributed by atoms with Crippen LogP contribution in [0.5, 0.6) is 0 Å². The molecule has 2 aromatic rings. The second-order valence-electron chi connectivity index (χ2n) is 8.79. The third kappa shape index (κ3) is 7.91. The van der Waals surface area contributed by atoms with Crippen LogP contribution in [0.1, 0.15) is 33.3 Å². The molecule has 0 aliphatic carbocycles. The van der Waals surface area contributed by atoms with Crippen LogP contribution in [0.3, 0.4) is 0 Å². The van der Waals surface area contributed by atoms with E-state index in [1.54, 1.807) is 49.4 Å². The predicted octanol–water partition coefficient (Wildman–Crippen LogP) is 4.09. The molecule has 0 radical (unpaired) electrons. The number of hydrogen-bond donors (Lipinski definition) is 1. The van der Waals surface area contributed by atoms with E-state index in [4.69, 9.17) is 23.2 Å². The quantitative estimate of drug-likeness (QED) is 0.575. The van der Waals surface area contributed by atoms with Gasteiger partial charge >= 0.3 is 0 Å². The molecule has 33 heavy (non-hydrogen) atoms. The molecule has 2 rings (SSSR count). The molecule has 0 fully saturated rings. The van der Waals surface area contributed by atoms with Gasteiger partial charge in [-0.1, -0.05) is 47.5 Å². The summed E-state index contributed by atoms with van der Waals surface area (Å²) in [6.45, 7) is 6.66. The fraction of sp³-hybridized carbons (Fsp3) is 0.391. The number of nitrogens with zero attached hydrogens (tertiary/aromatic N) is 2. The van der Waals surface area contributed by atoms with Crippen molar-refractivity contribution >= 4 is 50.7 Å². The van der Waals surface area contributed by atoms with Gasteiger partial charge in [0.05, 0.1) is 17.0 Å². The highest BCUT2D eigenvalue weighted by atomic mass is 35.5. The van der Waals surface area contributed by atoms with E-state index < -0.39 is 34.1 Å². The number of para-hydroxylation sites is 1. The van der Waals surface area contributed by atoms with Crippen LogP contribution in [0.25, 0.3) is 0 Å². The minimum atomic E-state index is -3.84. The molecule has 7 nitrogen and oxygen atoms in total. The molecule has 0 unspecified atom stereocenters. The molecule has 0 bridgehead atoms. The molecule has 1 atom stereocenters. The Labute approximate surface area is 205 Å². The smallest absolute Gasteiger partial charge is 0.244 e. The fourth-order valence-electron chi connectivity index (χ4n) is 3.14. The van der Waals surface area contributed by atoms with Gasteiger partial charge in [-0.05, 0) is 57.5 Å². The molecule has 0 saturated heterocycles. The maximum Gasteiger partial charge on any atom is 0.244 e. The third-order valence-electron chi connectivity index (χ3n) is 4.71. The Balaban J connectivity index is 2.42. The number of amides is 2. The van der Waals surface area contributed by atoms with Crippen molar-refractivity contribution in [2.24, 2.45) is 0 Å². The van der Waals surface area contributed by atoms with Crippen LogP contribution in [0.2, 0.25) is 10.0 Å². The average molecular weight is 514 g/mol. The van der Waals surface area contributed by atoms with Gasteiger partial charge < -0.3 is 10.2 Å². The van der Waals surface area contributed by atoms with Crippen LogP contribution in [0.4, 0.5) is 5.69 Å². The number of nitrogens with one attached hydrogen (secondary N) is 1. The summed E-state index contributed by atoms with van der Waals surface area (Å²) in [5.41, 5.74) is 0.381. The molecule has 0 aromatic heterocycles. The molecule has 0 aliphatic rings. The second kappa shape index (κ2) is 10.8.